The number of hydrogen-bond acceptors (Lipinski definition) is 6. The molecule has 2 fully saturated rings. The Morgan fingerprint density at radius 1 is 1.36 bits per heavy atom. The van der Waals surface area contributed by atoms with Crippen molar-refractivity contribution >= 4 is 23.6 Å². The number of imide groups is 1. The second kappa shape index (κ2) is 7.46. The summed E-state index contributed by atoms with van der Waals surface area (Å²) in [4.78, 5) is 25.9. The standard InChI is InChI=1S/C18H20N2O4S/c19-7-5-13-1-3-15(4-2-13)24-11-14(21)10-20-16(22)9-18(17(20)23)6-8-25-12-18/h1-4,14,21H,5-6,8-12H2/t14-,18+/m0/s1. The molecule has 132 valence electrons. The van der Waals surface area contributed by atoms with E-state index in [-0.39, 0.29) is 31.4 Å². The van der Waals surface area contributed by atoms with Crippen LogP contribution in [0.3, 0.4) is 0 Å². The quantitative estimate of drug-likeness (QED) is 0.771. The van der Waals surface area contributed by atoms with Crippen LogP contribution in [0.1, 0.15) is 18.4 Å². The lowest BCUT2D eigenvalue weighted by Crippen LogP contribution is -2.41. The van der Waals surface area contributed by atoms with Crippen LogP contribution in [0.15, 0.2) is 24.3 Å². The molecule has 2 aliphatic rings. The molecule has 0 bridgehead atoms. The highest BCUT2D eigenvalue weighted by atomic mass is 32.2. The molecule has 2 heterocycles. The highest BCUT2D eigenvalue weighted by Gasteiger charge is 2.53. The van der Waals surface area contributed by atoms with E-state index in [2.05, 4.69) is 6.07 Å². The van der Waals surface area contributed by atoms with Crippen molar-refractivity contribution in [3.05, 3.63) is 29.8 Å². The Balaban J connectivity index is 1.52. The highest BCUT2D eigenvalue weighted by Crippen LogP contribution is 2.44. The normalized spacial score (nSPS) is 23.9. The van der Waals surface area contributed by atoms with Crippen molar-refractivity contribution in [1.29, 1.82) is 5.26 Å². The first-order chi connectivity index (χ1) is 12.0. The minimum absolute atomic E-state index is 0.00356. The van der Waals surface area contributed by atoms with Crippen LogP contribution in [0, 0.1) is 16.7 Å². The van der Waals surface area contributed by atoms with Crippen LogP contribution in [0.4, 0.5) is 0 Å². The number of nitriles is 1. The number of carbonyl (C=O) groups excluding carboxylic acids is 2. The molecular weight excluding hydrogens is 340 g/mol. The predicted molar refractivity (Wildman–Crippen MR) is 93.0 cm³/mol. The fourth-order valence-corrected chi connectivity index (χ4v) is 4.65. The predicted octanol–water partition coefficient (Wildman–Crippen LogP) is 1.37. The lowest BCUT2D eigenvalue weighted by atomic mass is 9.86. The van der Waals surface area contributed by atoms with Crippen LogP contribution >= 0.6 is 11.8 Å². The monoisotopic (exact) mass is 360 g/mol. The fraction of sp³-hybridized carbons (Fsp3) is 0.500. The summed E-state index contributed by atoms with van der Waals surface area (Å²) in [5, 5.41) is 18.8. The number of aliphatic hydroxyl groups excluding tert-OH is 1. The third kappa shape index (κ3) is 3.80. The molecule has 6 nitrogen and oxygen atoms in total. The van der Waals surface area contributed by atoms with Crippen LogP contribution in [0.5, 0.6) is 5.75 Å². The van der Waals surface area contributed by atoms with E-state index in [1.54, 1.807) is 36.0 Å². The molecule has 2 atom stereocenters. The largest absolute Gasteiger partial charge is 0.491 e. The van der Waals surface area contributed by atoms with Gasteiger partial charge in [-0.05, 0) is 29.9 Å². The van der Waals surface area contributed by atoms with Gasteiger partial charge in [-0.3, -0.25) is 14.5 Å². The number of thioether (sulfide) groups is 1. The van der Waals surface area contributed by atoms with Crippen molar-refractivity contribution in [1.82, 2.24) is 4.90 Å². The summed E-state index contributed by atoms with van der Waals surface area (Å²) >= 11 is 1.70. The maximum Gasteiger partial charge on any atom is 0.236 e. The molecule has 2 saturated heterocycles. The topological polar surface area (TPSA) is 90.6 Å². The molecule has 2 amide bonds. The molecule has 1 aromatic carbocycles. The van der Waals surface area contributed by atoms with Gasteiger partial charge in [0.05, 0.1) is 24.4 Å². The summed E-state index contributed by atoms with van der Waals surface area (Å²) in [7, 11) is 0. The number of nitrogens with zero attached hydrogens (tertiary/aromatic N) is 2. The Bertz CT molecular complexity index is 692. The van der Waals surface area contributed by atoms with E-state index in [0.717, 1.165) is 17.7 Å². The van der Waals surface area contributed by atoms with Gasteiger partial charge in [-0.2, -0.15) is 17.0 Å². The fourth-order valence-electron chi connectivity index (χ4n) is 3.21. The molecule has 1 N–H and O–H groups in total. The number of benzene rings is 1. The maximum absolute atomic E-state index is 12.6. The summed E-state index contributed by atoms with van der Waals surface area (Å²) in [5.41, 5.74) is 0.349. The van der Waals surface area contributed by atoms with Gasteiger partial charge in [0, 0.05) is 12.2 Å². The van der Waals surface area contributed by atoms with Gasteiger partial charge in [0.15, 0.2) is 0 Å². The zero-order valence-electron chi connectivity index (χ0n) is 13.8. The molecule has 7 heteroatoms. The second-order valence-corrected chi connectivity index (χ2v) is 7.62. The van der Waals surface area contributed by atoms with E-state index in [9.17, 15) is 14.7 Å². The zero-order valence-corrected chi connectivity index (χ0v) is 14.6. The van der Waals surface area contributed by atoms with Gasteiger partial charge in [0.2, 0.25) is 11.8 Å². The van der Waals surface area contributed by atoms with Gasteiger partial charge >= 0.3 is 0 Å². The zero-order chi connectivity index (χ0) is 17.9. The number of rotatable bonds is 6. The SMILES string of the molecule is N#CCc1ccc(OC[C@@H](O)CN2C(=O)C[C@@]3(CCSC3)C2=O)cc1. The molecule has 25 heavy (non-hydrogen) atoms. The van der Waals surface area contributed by atoms with Crippen molar-refractivity contribution < 1.29 is 19.4 Å². The van der Waals surface area contributed by atoms with Gasteiger partial charge in [-0.1, -0.05) is 12.1 Å². The maximum atomic E-state index is 12.6. The van der Waals surface area contributed by atoms with Crippen molar-refractivity contribution in [2.75, 3.05) is 24.7 Å². The summed E-state index contributed by atoms with van der Waals surface area (Å²) in [6.07, 6.45) is 0.394. The number of carbonyl (C=O) groups is 2. The molecule has 0 saturated carbocycles. The smallest absolute Gasteiger partial charge is 0.236 e. The molecule has 2 aliphatic heterocycles. The molecule has 0 radical (unpaired) electrons. The van der Waals surface area contributed by atoms with Gasteiger partial charge in [-0.15, -0.1) is 0 Å². The lowest BCUT2D eigenvalue weighted by molar-refractivity contribution is -0.142. The summed E-state index contributed by atoms with van der Waals surface area (Å²) in [6.45, 7) is -0.0347. The highest BCUT2D eigenvalue weighted by molar-refractivity contribution is 7.99. The molecule has 1 spiro atoms. The molecule has 0 aromatic heterocycles. The third-order valence-corrected chi connectivity index (χ3v) is 5.88. The summed E-state index contributed by atoms with van der Waals surface area (Å²) < 4.78 is 5.51. The van der Waals surface area contributed by atoms with Crippen molar-refractivity contribution in [2.24, 2.45) is 5.41 Å². The van der Waals surface area contributed by atoms with Crippen molar-refractivity contribution in [3.63, 3.8) is 0 Å². The Hall–Kier alpha value is -2.04. The number of ether oxygens (including phenoxy) is 1. The van der Waals surface area contributed by atoms with E-state index in [0.29, 0.717) is 17.9 Å². The Morgan fingerprint density at radius 2 is 2.12 bits per heavy atom. The van der Waals surface area contributed by atoms with E-state index < -0.39 is 11.5 Å². The van der Waals surface area contributed by atoms with Crippen LogP contribution in [-0.4, -0.2) is 52.6 Å². The van der Waals surface area contributed by atoms with E-state index >= 15 is 0 Å². The Labute approximate surface area is 150 Å². The van der Waals surface area contributed by atoms with E-state index in [4.69, 9.17) is 10.00 Å². The van der Waals surface area contributed by atoms with Gasteiger partial charge < -0.3 is 9.84 Å². The average Bonchev–Trinajstić information content (AvgIpc) is 3.16. The molecule has 1 aromatic rings. The van der Waals surface area contributed by atoms with Crippen LogP contribution in [-0.2, 0) is 16.0 Å². The Morgan fingerprint density at radius 3 is 2.76 bits per heavy atom. The minimum atomic E-state index is -0.934. The second-order valence-electron chi connectivity index (χ2n) is 6.51. The first kappa shape index (κ1) is 17.8. The van der Waals surface area contributed by atoms with Crippen molar-refractivity contribution in [2.45, 2.75) is 25.4 Å². The van der Waals surface area contributed by atoms with Gasteiger partial charge in [0.1, 0.15) is 18.5 Å². The number of amides is 2. The van der Waals surface area contributed by atoms with Crippen molar-refractivity contribution in [3.8, 4) is 11.8 Å². The molecule has 3 rings (SSSR count). The van der Waals surface area contributed by atoms with Gasteiger partial charge in [0.25, 0.3) is 0 Å². The molecule has 0 unspecified atom stereocenters. The minimum Gasteiger partial charge on any atom is -0.491 e. The lowest BCUT2D eigenvalue weighted by Gasteiger charge is -2.22. The summed E-state index contributed by atoms with van der Waals surface area (Å²) in [5.74, 6) is 1.81. The number of likely N-dealkylation sites (tertiary alicyclic amines) is 1. The molecule has 0 aliphatic carbocycles. The number of β-amino-alcohol motifs (C(OH)–C–C–N with tert-alkyl or cyclic N) is 1. The summed E-state index contributed by atoms with van der Waals surface area (Å²) in [6, 6.07) is 9.12. The van der Waals surface area contributed by atoms with Gasteiger partial charge in [-0.25, -0.2) is 0 Å². The third-order valence-electron chi connectivity index (χ3n) is 4.64. The number of aliphatic hydroxyl groups is 1. The Kier molecular flexibility index (Phi) is 5.30. The average molecular weight is 360 g/mol. The first-order valence-electron chi connectivity index (χ1n) is 8.23. The van der Waals surface area contributed by atoms with Crippen LogP contribution < -0.4 is 4.74 Å². The molecular formula is C18H20N2O4S. The van der Waals surface area contributed by atoms with E-state index in [1.165, 1.54) is 4.90 Å². The van der Waals surface area contributed by atoms with Crippen LogP contribution in [0.25, 0.3) is 0 Å². The van der Waals surface area contributed by atoms with Crippen LogP contribution in [0.2, 0.25) is 0 Å². The number of hydrogen-bond donors (Lipinski definition) is 1. The van der Waals surface area contributed by atoms with E-state index in [1.807, 2.05) is 0 Å². The first-order valence-corrected chi connectivity index (χ1v) is 9.39.